The van der Waals surface area contributed by atoms with Gasteiger partial charge in [-0.1, -0.05) is 0 Å². The van der Waals surface area contributed by atoms with Crippen molar-refractivity contribution in [3.05, 3.63) is 21.3 Å². The van der Waals surface area contributed by atoms with Crippen LogP contribution in [0, 0.1) is 0 Å². The Bertz CT molecular complexity index is 213. The summed E-state index contributed by atoms with van der Waals surface area (Å²) in [6, 6.07) is 0. The second-order valence-electron chi connectivity index (χ2n) is 3.87. The van der Waals surface area contributed by atoms with Crippen LogP contribution in [0.15, 0.2) is 21.3 Å². The standard InChI is InChI=1S/C13H22Te/c1-3-5-8-12-9-7-11-14-13(12)10-6-4-2/h7,9H,3-6,8,10-11H2,1-2H3. The Labute approximate surface area is 98.9 Å². The quantitative estimate of drug-likeness (QED) is 0.641. The van der Waals surface area contributed by atoms with Gasteiger partial charge in [-0.15, -0.1) is 0 Å². The summed E-state index contributed by atoms with van der Waals surface area (Å²) in [4.78, 5) is 0. The molecular weight excluding hydrogens is 284 g/mol. The zero-order valence-electron chi connectivity index (χ0n) is 9.51. The third-order valence-electron chi connectivity index (χ3n) is 2.59. The van der Waals surface area contributed by atoms with E-state index in [2.05, 4.69) is 26.0 Å². The van der Waals surface area contributed by atoms with Gasteiger partial charge in [0.2, 0.25) is 0 Å². The zero-order valence-corrected chi connectivity index (χ0v) is 11.8. The fraction of sp³-hybridized carbons (Fsp3) is 0.692. The average Bonchev–Trinajstić information content (AvgIpc) is 2.24. The molecule has 0 radical (unpaired) electrons. The number of rotatable bonds is 6. The van der Waals surface area contributed by atoms with Crippen LogP contribution in [-0.4, -0.2) is 20.9 Å². The Balaban J connectivity index is 2.51. The fourth-order valence-electron chi connectivity index (χ4n) is 1.68. The molecule has 0 bridgehead atoms. The van der Waals surface area contributed by atoms with Crippen molar-refractivity contribution in [1.29, 1.82) is 0 Å². The van der Waals surface area contributed by atoms with Crippen LogP contribution in [0.2, 0.25) is 4.47 Å². The van der Waals surface area contributed by atoms with E-state index in [0.29, 0.717) is 0 Å². The van der Waals surface area contributed by atoms with E-state index in [-0.39, 0.29) is 20.9 Å². The Morgan fingerprint density at radius 2 is 1.86 bits per heavy atom. The van der Waals surface area contributed by atoms with Crippen LogP contribution in [0.5, 0.6) is 0 Å². The van der Waals surface area contributed by atoms with Crippen LogP contribution in [0.25, 0.3) is 0 Å². The van der Waals surface area contributed by atoms with E-state index in [1.807, 2.05) is 3.62 Å². The van der Waals surface area contributed by atoms with Crippen molar-refractivity contribution in [2.75, 3.05) is 0 Å². The molecule has 0 fully saturated rings. The second-order valence-corrected chi connectivity index (χ2v) is 7.05. The molecule has 0 nitrogen and oxygen atoms in total. The molecule has 0 aromatic rings. The molecule has 1 aliphatic rings. The summed E-state index contributed by atoms with van der Waals surface area (Å²) in [5, 5.41) is 0. The number of hydrogen-bond acceptors (Lipinski definition) is 0. The van der Waals surface area contributed by atoms with E-state index < -0.39 is 0 Å². The summed E-state index contributed by atoms with van der Waals surface area (Å²) in [6.45, 7) is 4.58. The summed E-state index contributed by atoms with van der Waals surface area (Å²) in [7, 11) is 0. The molecule has 1 heterocycles. The van der Waals surface area contributed by atoms with E-state index in [1.165, 1.54) is 43.0 Å². The van der Waals surface area contributed by atoms with Crippen molar-refractivity contribution in [2.45, 2.75) is 56.8 Å². The molecule has 0 aromatic heterocycles. The van der Waals surface area contributed by atoms with Gasteiger partial charge in [0.15, 0.2) is 0 Å². The predicted octanol–water partition coefficient (Wildman–Crippen LogP) is 4.31. The van der Waals surface area contributed by atoms with Gasteiger partial charge in [-0.2, -0.15) is 0 Å². The molecule has 0 unspecified atom stereocenters. The Hall–Kier alpha value is 0.270. The van der Waals surface area contributed by atoms with Gasteiger partial charge in [0.25, 0.3) is 0 Å². The molecule has 0 spiro atoms. The van der Waals surface area contributed by atoms with Crippen molar-refractivity contribution in [2.24, 2.45) is 0 Å². The van der Waals surface area contributed by atoms with Gasteiger partial charge >= 0.3 is 99.1 Å². The van der Waals surface area contributed by atoms with Crippen molar-refractivity contribution in [3.63, 3.8) is 0 Å². The molecule has 14 heavy (non-hydrogen) atoms. The minimum absolute atomic E-state index is 0.197. The first-order valence-electron chi connectivity index (χ1n) is 5.89. The molecule has 1 aliphatic heterocycles. The van der Waals surface area contributed by atoms with E-state index in [1.54, 1.807) is 5.57 Å². The van der Waals surface area contributed by atoms with Crippen LogP contribution in [0.4, 0.5) is 0 Å². The Morgan fingerprint density at radius 3 is 2.57 bits per heavy atom. The summed E-state index contributed by atoms with van der Waals surface area (Å²) < 4.78 is 3.29. The van der Waals surface area contributed by atoms with Crippen molar-refractivity contribution >= 4 is 20.9 Å². The minimum atomic E-state index is 0.197. The van der Waals surface area contributed by atoms with E-state index in [9.17, 15) is 0 Å². The third kappa shape index (κ3) is 4.20. The molecule has 0 saturated heterocycles. The van der Waals surface area contributed by atoms with Crippen molar-refractivity contribution in [1.82, 2.24) is 0 Å². The monoisotopic (exact) mass is 308 g/mol. The van der Waals surface area contributed by atoms with Gasteiger partial charge < -0.3 is 0 Å². The van der Waals surface area contributed by atoms with Gasteiger partial charge in [0, 0.05) is 0 Å². The summed E-state index contributed by atoms with van der Waals surface area (Å²) >= 11 is 0.197. The molecule has 0 aliphatic carbocycles. The van der Waals surface area contributed by atoms with Crippen LogP contribution in [0.3, 0.4) is 0 Å². The summed E-state index contributed by atoms with van der Waals surface area (Å²) in [6.07, 6.45) is 13.0. The molecular formula is C13H22Te. The molecule has 0 atom stereocenters. The van der Waals surface area contributed by atoms with Crippen LogP contribution in [0.1, 0.15) is 52.4 Å². The van der Waals surface area contributed by atoms with Gasteiger partial charge in [-0.05, 0) is 0 Å². The first kappa shape index (κ1) is 12.3. The molecule has 0 saturated carbocycles. The molecule has 0 N–H and O–H groups in total. The first-order chi connectivity index (χ1) is 6.88. The third-order valence-corrected chi connectivity index (χ3v) is 5.94. The number of allylic oxidation sites excluding steroid dienone is 4. The fourth-order valence-corrected chi connectivity index (χ4v) is 4.65. The van der Waals surface area contributed by atoms with E-state index >= 15 is 0 Å². The Kier molecular flexibility index (Phi) is 6.65. The Morgan fingerprint density at radius 1 is 1.14 bits per heavy atom. The average molecular weight is 306 g/mol. The van der Waals surface area contributed by atoms with Crippen LogP contribution < -0.4 is 0 Å². The second kappa shape index (κ2) is 7.55. The SMILES string of the molecule is CCCCC1=C(CCCC)[Te]CC=C1. The maximum atomic E-state index is 2.41. The van der Waals surface area contributed by atoms with Crippen LogP contribution >= 0.6 is 0 Å². The number of hydrogen-bond donors (Lipinski definition) is 0. The molecule has 0 aromatic carbocycles. The first-order valence-corrected chi connectivity index (χ1v) is 8.71. The topological polar surface area (TPSA) is 0 Å². The zero-order chi connectivity index (χ0) is 10.2. The normalized spacial score (nSPS) is 16.4. The van der Waals surface area contributed by atoms with Gasteiger partial charge in [0.1, 0.15) is 0 Å². The molecule has 1 heteroatoms. The van der Waals surface area contributed by atoms with Gasteiger partial charge in [0.05, 0.1) is 0 Å². The molecule has 1 rings (SSSR count). The van der Waals surface area contributed by atoms with Gasteiger partial charge in [-0.25, -0.2) is 0 Å². The van der Waals surface area contributed by atoms with Crippen LogP contribution in [-0.2, 0) is 0 Å². The molecule has 80 valence electrons. The van der Waals surface area contributed by atoms with Crippen molar-refractivity contribution in [3.8, 4) is 0 Å². The summed E-state index contributed by atoms with van der Waals surface area (Å²) in [5.74, 6) is 0. The number of unbranched alkanes of at least 4 members (excludes halogenated alkanes) is 2. The maximum absolute atomic E-state index is 2.41. The van der Waals surface area contributed by atoms with E-state index in [0.717, 1.165) is 0 Å². The van der Waals surface area contributed by atoms with E-state index in [4.69, 9.17) is 0 Å². The van der Waals surface area contributed by atoms with Crippen molar-refractivity contribution < 1.29 is 0 Å². The summed E-state index contributed by atoms with van der Waals surface area (Å²) in [5.41, 5.74) is 1.72. The molecule has 0 amide bonds. The predicted molar refractivity (Wildman–Crippen MR) is 65.8 cm³/mol. The van der Waals surface area contributed by atoms with Gasteiger partial charge in [-0.3, -0.25) is 0 Å².